The van der Waals surface area contributed by atoms with E-state index in [0.29, 0.717) is 30.3 Å². The van der Waals surface area contributed by atoms with Gasteiger partial charge in [-0.15, -0.1) is 0 Å². The van der Waals surface area contributed by atoms with Crippen LogP contribution in [0.3, 0.4) is 0 Å². The Morgan fingerprint density at radius 3 is 2.81 bits per heavy atom. The molecule has 0 N–H and O–H groups in total. The van der Waals surface area contributed by atoms with Gasteiger partial charge in [0, 0.05) is 24.6 Å². The molecule has 1 aliphatic carbocycles. The first kappa shape index (κ1) is 19.9. The maximum absolute atomic E-state index is 12.8. The van der Waals surface area contributed by atoms with Gasteiger partial charge in [0.05, 0.1) is 19.0 Å². The fourth-order valence-electron chi connectivity index (χ4n) is 4.12. The number of hydrogen-bond donors (Lipinski definition) is 0. The van der Waals surface area contributed by atoms with Gasteiger partial charge in [-0.25, -0.2) is 28.4 Å². The van der Waals surface area contributed by atoms with Crippen LogP contribution in [0.4, 0.5) is 27.8 Å². The fourth-order valence-corrected chi connectivity index (χ4v) is 4.12. The molecule has 2 fully saturated rings. The van der Waals surface area contributed by atoms with E-state index in [9.17, 15) is 22.0 Å². The number of hydrogen-bond acceptors (Lipinski definition) is 6. The minimum Gasteiger partial charge on any atom is -0.477 e. The summed E-state index contributed by atoms with van der Waals surface area (Å²) in [5.74, 6) is 0.791. The van der Waals surface area contributed by atoms with E-state index in [0.717, 1.165) is 17.2 Å². The number of rotatable bonds is 6. The molecule has 4 heterocycles. The van der Waals surface area contributed by atoms with Crippen molar-refractivity contribution in [2.45, 2.75) is 25.6 Å². The Morgan fingerprint density at radius 1 is 1.19 bits per heavy atom. The topological polar surface area (TPSA) is 69.0 Å². The summed E-state index contributed by atoms with van der Waals surface area (Å²) in [5, 5.41) is 3.91. The number of fused-ring (bicyclic) bond motifs is 2. The van der Waals surface area contributed by atoms with Crippen molar-refractivity contribution < 1.29 is 26.7 Å². The van der Waals surface area contributed by atoms with Gasteiger partial charge in [-0.1, -0.05) is 6.07 Å². The van der Waals surface area contributed by atoms with Gasteiger partial charge in [0.2, 0.25) is 5.88 Å². The first-order chi connectivity index (χ1) is 14.7. The van der Waals surface area contributed by atoms with Gasteiger partial charge >= 0.3 is 6.18 Å². The highest BCUT2D eigenvalue weighted by atomic mass is 19.4. The van der Waals surface area contributed by atoms with Gasteiger partial charge in [0.15, 0.2) is 5.65 Å². The molecule has 1 saturated heterocycles. The van der Waals surface area contributed by atoms with E-state index in [2.05, 4.69) is 20.1 Å². The van der Waals surface area contributed by atoms with Crippen LogP contribution in [0.5, 0.6) is 5.88 Å². The maximum Gasteiger partial charge on any atom is 0.433 e. The number of pyridine rings is 1. The van der Waals surface area contributed by atoms with Gasteiger partial charge in [-0.3, -0.25) is 0 Å². The largest absolute Gasteiger partial charge is 0.477 e. The van der Waals surface area contributed by atoms with Crippen molar-refractivity contribution in [2.75, 3.05) is 24.6 Å². The molecule has 0 aromatic carbocycles. The lowest BCUT2D eigenvalue weighted by Gasteiger charge is -2.22. The summed E-state index contributed by atoms with van der Waals surface area (Å²) in [4.78, 5) is 14.3. The van der Waals surface area contributed by atoms with Crippen molar-refractivity contribution in [1.82, 2.24) is 24.7 Å². The molecule has 12 heteroatoms. The third kappa shape index (κ3) is 3.74. The second-order valence-electron chi connectivity index (χ2n) is 7.95. The Kier molecular flexibility index (Phi) is 4.48. The van der Waals surface area contributed by atoms with E-state index in [1.165, 1.54) is 18.3 Å². The van der Waals surface area contributed by atoms with Crippen LogP contribution < -0.4 is 9.64 Å². The zero-order valence-electron chi connectivity index (χ0n) is 16.1. The van der Waals surface area contributed by atoms with E-state index in [1.807, 2.05) is 4.90 Å². The highest BCUT2D eigenvalue weighted by Gasteiger charge is 2.61. The smallest absolute Gasteiger partial charge is 0.433 e. The number of anilines is 1. The number of halogens is 5. The van der Waals surface area contributed by atoms with Gasteiger partial charge in [-0.05, 0) is 18.4 Å². The van der Waals surface area contributed by atoms with Crippen LogP contribution >= 0.6 is 0 Å². The number of ether oxygens (including phenoxy) is 1. The Balaban J connectivity index is 1.28. The molecule has 7 nitrogen and oxygen atoms in total. The van der Waals surface area contributed by atoms with E-state index >= 15 is 0 Å². The van der Waals surface area contributed by atoms with Crippen molar-refractivity contribution in [3.05, 3.63) is 36.3 Å². The van der Waals surface area contributed by atoms with Crippen LogP contribution in [0.1, 0.15) is 12.1 Å². The minimum absolute atomic E-state index is 0.0644. The molecular formula is C19H17F5N6O. The Morgan fingerprint density at radius 2 is 2.03 bits per heavy atom. The lowest BCUT2D eigenvalue weighted by atomic mass is 10.1. The number of nitrogens with zero attached hydrogens (tertiary/aromatic N) is 6. The quantitative estimate of drug-likeness (QED) is 0.548. The predicted octanol–water partition coefficient (Wildman–Crippen LogP) is 3.41. The first-order valence-corrected chi connectivity index (χ1v) is 9.62. The molecule has 0 spiro atoms. The Labute approximate surface area is 172 Å². The van der Waals surface area contributed by atoms with Crippen molar-refractivity contribution in [3.8, 4) is 5.88 Å². The Bertz CT molecular complexity index is 1120. The molecule has 3 aromatic rings. The van der Waals surface area contributed by atoms with E-state index in [4.69, 9.17) is 4.74 Å². The van der Waals surface area contributed by atoms with Gasteiger partial charge in [-0.2, -0.15) is 18.3 Å². The average Bonchev–Trinajstić information content (AvgIpc) is 3.06. The number of alkyl halides is 5. The fraction of sp³-hybridized carbons (Fsp3) is 0.474. The zero-order chi connectivity index (χ0) is 21.8. The zero-order valence-corrected chi connectivity index (χ0v) is 16.1. The van der Waals surface area contributed by atoms with Crippen molar-refractivity contribution in [1.29, 1.82) is 0 Å². The molecule has 31 heavy (non-hydrogen) atoms. The van der Waals surface area contributed by atoms with Crippen molar-refractivity contribution in [3.63, 3.8) is 0 Å². The molecule has 2 atom stereocenters. The van der Waals surface area contributed by atoms with Gasteiger partial charge < -0.3 is 9.64 Å². The molecule has 0 radical (unpaired) electrons. The summed E-state index contributed by atoms with van der Waals surface area (Å²) in [7, 11) is 0. The highest BCUT2D eigenvalue weighted by molar-refractivity contribution is 5.71. The first-order valence-electron chi connectivity index (χ1n) is 9.62. The normalized spacial score (nSPS) is 22.9. The summed E-state index contributed by atoms with van der Waals surface area (Å²) in [5.41, 5.74) is -0.471. The van der Waals surface area contributed by atoms with E-state index in [-0.39, 0.29) is 23.5 Å². The summed E-state index contributed by atoms with van der Waals surface area (Å²) in [6, 6.07) is 3.57. The molecule has 2 aliphatic rings. The SMILES string of the molecule is FC(F)Cn1ncc2ncc(N3CC4CC4(COc4cccc(C(F)(F)F)n4)C3)nc21. The van der Waals surface area contributed by atoms with Crippen LogP contribution in [-0.2, 0) is 12.7 Å². The van der Waals surface area contributed by atoms with Crippen LogP contribution in [0.25, 0.3) is 11.2 Å². The minimum atomic E-state index is -4.53. The molecule has 1 aliphatic heterocycles. The molecule has 3 aromatic heterocycles. The predicted molar refractivity (Wildman–Crippen MR) is 98.8 cm³/mol. The lowest BCUT2D eigenvalue weighted by Crippen LogP contribution is -2.28. The summed E-state index contributed by atoms with van der Waals surface area (Å²) >= 11 is 0. The van der Waals surface area contributed by atoms with Crippen molar-refractivity contribution >= 4 is 17.0 Å². The standard InChI is InChI=1S/C19H17F5N6O/c20-14(21)8-30-17-12(5-26-30)25-6-15(28-17)29-7-11-4-18(11,9-29)10-31-16-3-1-2-13(27-16)19(22,23)24/h1-3,5-6,11,14H,4,7-10H2. The Hall–Kier alpha value is -3.05. The molecule has 164 valence electrons. The van der Waals surface area contributed by atoms with Gasteiger partial charge in [0.25, 0.3) is 6.43 Å². The molecular weight excluding hydrogens is 423 g/mol. The molecule has 0 amide bonds. The molecule has 0 bridgehead atoms. The van der Waals surface area contributed by atoms with E-state index < -0.39 is 24.8 Å². The molecule has 2 unspecified atom stereocenters. The third-order valence-electron chi connectivity index (χ3n) is 5.79. The average molecular weight is 440 g/mol. The van der Waals surface area contributed by atoms with Crippen molar-refractivity contribution in [2.24, 2.45) is 11.3 Å². The monoisotopic (exact) mass is 440 g/mol. The maximum atomic E-state index is 12.8. The van der Waals surface area contributed by atoms with Crippen LogP contribution in [-0.4, -0.2) is 50.9 Å². The highest BCUT2D eigenvalue weighted by Crippen LogP contribution is 2.58. The van der Waals surface area contributed by atoms with Crippen LogP contribution in [0.2, 0.25) is 0 Å². The second kappa shape index (κ2) is 6.99. The lowest BCUT2D eigenvalue weighted by molar-refractivity contribution is -0.141. The third-order valence-corrected chi connectivity index (χ3v) is 5.79. The van der Waals surface area contributed by atoms with Crippen LogP contribution in [0, 0.1) is 11.3 Å². The molecule has 1 saturated carbocycles. The van der Waals surface area contributed by atoms with Gasteiger partial charge in [0.1, 0.15) is 23.6 Å². The second-order valence-corrected chi connectivity index (χ2v) is 7.95. The number of piperidine rings is 1. The summed E-state index contributed by atoms with van der Waals surface area (Å²) < 4.78 is 70.7. The summed E-state index contributed by atoms with van der Waals surface area (Å²) in [6.45, 7) is 0.940. The summed E-state index contributed by atoms with van der Waals surface area (Å²) in [6.07, 6.45) is -3.23. The number of aromatic nitrogens is 5. The van der Waals surface area contributed by atoms with Crippen LogP contribution in [0.15, 0.2) is 30.6 Å². The molecule has 5 rings (SSSR count). The van der Waals surface area contributed by atoms with E-state index in [1.54, 1.807) is 6.20 Å².